The Morgan fingerprint density at radius 3 is 2.90 bits per heavy atom. The lowest BCUT2D eigenvalue weighted by atomic mass is 10.1. The molecule has 0 aliphatic carbocycles. The van der Waals surface area contributed by atoms with Gasteiger partial charge in [-0.05, 0) is 30.7 Å². The highest BCUT2D eigenvalue weighted by Crippen LogP contribution is 2.22. The molecule has 2 unspecified atom stereocenters. The minimum atomic E-state index is 0.0687. The van der Waals surface area contributed by atoms with Crippen LogP contribution in [0.2, 0.25) is 5.02 Å². The van der Waals surface area contributed by atoms with Gasteiger partial charge in [0.25, 0.3) is 0 Å². The van der Waals surface area contributed by atoms with Gasteiger partial charge in [0.2, 0.25) is 0 Å². The van der Waals surface area contributed by atoms with Gasteiger partial charge in [0.05, 0.1) is 12.4 Å². The average molecular weight is 308 g/mol. The van der Waals surface area contributed by atoms with E-state index in [0.717, 1.165) is 18.7 Å². The Hall–Kier alpha value is -1.56. The number of benzene rings is 1. The summed E-state index contributed by atoms with van der Waals surface area (Å²) in [5.41, 5.74) is 0. The molecule has 3 rings (SSSR count). The van der Waals surface area contributed by atoms with E-state index >= 15 is 0 Å². The fourth-order valence-electron chi connectivity index (χ4n) is 2.46. The number of rotatable bonds is 5. The first kappa shape index (κ1) is 14.4. The number of ether oxygens (including phenoxy) is 1. The smallest absolute Gasteiger partial charge is 0.119 e. The molecule has 1 saturated heterocycles. The predicted octanol–water partition coefficient (Wildman–Crippen LogP) is 2.62. The van der Waals surface area contributed by atoms with Crippen molar-refractivity contribution in [3.63, 3.8) is 0 Å². The molecular weight excluding hydrogens is 290 g/mol. The normalized spacial score (nSPS) is 22.6. The van der Waals surface area contributed by atoms with E-state index in [-0.39, 0.29) is 6.10 Å². The van der Waals surface area contributed by atoms with Crippen LogP contribution in [0.5, 0.6) is 5.75 Å². The minimum Gasteiger partial charge on any atom is -0.491 e. The van der Waals surface area contributed by atoms with Crippen LogP contribution in [0.3, 0.4) is 0 Å². The summed E-state index contributed by atoms with van der Waals surface area (Å²) in [5, 5.41) is 2.62. The van der Waals surface area contributed by atoms with Gasteiger partial charge in [0.1, 0.15) is 18.5 Å². The van der Waals surface area contributed by atoms with Gasteiger partial charge in [-0.3, -0.25) is 4.84 Å². The number of halogens is 1. The van der Waals surface area contributed by atoms with Crippen LogP contribution in [-0.4, -0.2) is 40.4 Å². The van der Waals surface area contributed by atoms with E-state index in [9.17, 15) is 0 Å². The van der Waals surface area contributed by atoms with E-state index in [2.05, 4.69) is 9.55 Å². The number of likely N-dealkylation sites (N-methyl/N-ethyl adjacent to an activating group) is 1. The summed E-state index contributed by atoms with van der Waals surface area (Å²) >= 11 is 5.85. The van der Waals surface area contributed by atoms with Crippen molar-refractivity contribution in [2.24, 2.45) is 0 Å². The highest BCUT2D eigenvalue weighted by molar-refractivity contribution is 6.30. The molecule has 1 aromatic heterocycles. The van der Waals surface area contributed by atoms with Crippen LogP contribution in [0.1, 0.15) is 6.42 Å². The molecule has 1 fully saturated rings. The molecule has 21 heavy (non-hydrogen) atoms. The standard InChI is InChI=1S/C15H18ClN3O2/c1-18-13(9-19-7-6-17-11-19)8-15(21-18)10-20-14-4-2-12(16)3-5-14/h2-7,11,13,15H,8-10H2,1H3. The summed E-state index contributed by atoms with van der Waals surface area (Å²) in [6.45, 7) is 1.40. The Kier molecular flexibility index (Phi) is 4.43. The molecule has 0 N–H and O–H groups in total. The van der Waals surface area contributed by atoms with Crippen molar-refractivity contribution in [1.29, 1.82) is 0 Å². The van der Waals surface area contributed by atoms with Crippen LogP contribution in [0.15, 0.2) is 43.0 Å². The van der Waals surface area contributed by atoms with Crippen molar-refractivity contribution < 1.29 is 9.57 Å². The zero-order valence-corrected chi connectivity index (χ0v) is 12.6. The molecule has 6 heteroatoms. The van der Waals surface area contributed by atoms with E-state index in [1.54, 1.807) is 6.20 Å². The van der Waals surface area contributed by atoms with Gasteiger partial charge in [-0.2, -0.15) is 5.06 Å². The zero-order valence-electron chi connectivity index (χ0n) is 11.9. The molecule has 0 radical (unpaired) electrons. The van der Waals surface area contributed by atoms with E-state index in [1.807, 2.05) is 48.9 Å². The van der Waals surface area contributed by atoms with Gasteiger partial charge in [-0.1, -0.05) is 11.6 Å². The third kappa shape index (κ3) is 3.75. The number of hydrogen-bond donors (Lipinski definition) is 0. The van der Waals surface area contributed by atoms with Crippen molar-refractivity contribution in [3.8, 4) is 5.75 Å². The lowest BCUT2D eigenvalue weighted by Crippen LogP contribution is -2.27. The molecule has 1 aliphatic rings. The third-order valence-corrected chi connectivity index (χ3v) is 3.85. The van der Waals surface area contributed by atoms with Crippen molar-refractivity contribution >= 4 is 11.6 Å². The topological polar surface area (TPSA) is 39.5 Å². The largest absolute Gasteiger partial charge is 0.491 e. The SMILES string of the molecule is CN1OC(COc2ccc(Cl)cc2)CC1Cn1ccnc1. The molecule has 0 bridgehead atoms. The number of aromatic nitrogens is 2. The van der Waals surface area contributed by atoms with Crippen LogP contribution in [-0.2, 0) is 11.4 Å². The van der Waals surface area contributed by atoms with Crippen molar-refractivity contribution in [3.05, 3.63) is 48.0 Å². The van der Waals surface area contributed by atoms with E-state index in [4.69, 9.17) is 21.2 Å². The maximum Gasteiger partial charge on any atom is 0.119 e. The first-order valence-corrected chi connectivity index (χ1v) is 7.32. The number of nitrogens with zero attached hydrogens (tertiary/aromatic N) is 3. The van der Waals surface area contributed by atoms with Crippen molar-refractivity contribution in [1.82, 2.24) is 14.6 Å². The van der Waals surface area contributed by atoms with Crippen LogP contribution < -0.4 is 4.74 Å². The molecule has 2 atom stereocenters. The van der Waals surface area contributed by atoms with Crippen molar-refractivity contribution in [2.45, 2.75) is 25.1 Å². The maximum atomic E-state index is 5.85. The van der Waals surface area contributed by atoms with Gasteiger partial charge < -0.3 is 9.30 Å². The lowest BCUT2D eigenvalue weighted by molar-refractivity contribution is -0.151. The Morgan fingerprint density at radius 2 is 2.19 bits per heavy atom. The first-order chi connectivity index (χ1) is 10.2. The molecule has 5 nitrogen and oxygen atoms in total. The molecule has 0 amide bonds. The number of imidazole rings is 1. The molecule has 2 heterocycles. The quantitative estimate of drug-likeness (QED) is 0.851. The van der Waals surface area contributed by atoms with E-state index < -0.39 is 0 Å². The Labute approximate surface area is 129 Å². The maximum absolute atomic E-state index is 5.85. The minimum absolute atomic E-state index is 0.0687. The zero-order chi connectivity index (χ0) is 14.7. The van der Waals surface area contributed by atoms with Gasteiger partial charge >= 0.3 is 0 Å². The molecule has 112 valence electrons. The number of hydroxylamine groups is 2. The molecule has 1 aromatic carbocycles. The number of hydrogen-bond acceptors (Lipinski definition) is 4. The summed E-state index contributed by atoms with van der Waals surface area (Å²) in [6.07, 6.45) is 6.58. The molecule has 1 aliphatic heterocycles. The fraction of sp³-hybridized carbons (Fsp3) is 0.400. The molecular formula is C15H18ClN3O2. The Morgan fingerprint density at radius 1 is 1.38 bits per heavy atom. The fourth-order valence-corrected chi connectivity index (χ4v) is 2.59. The second kappa shape index (κ2) is 6.47. The second-order valence-corrected chi connectivity index (χ2v) is 5.62. The van der Waals surface area contributed by atoms with Crippen LogP contribution >= 0.6 is 11.6 Å². The first-order valence-electron chi connectivity index (χ1n) is 6.94. The summed E-state index contributed by atoms with van der Waals surface area (Å²) < 4.78 is 7.81. The van der Waals surface area contributed by atoms with Crippen molar-refractivity contribution in [2.75, 3.05) is 13.7 Å². The summed E-state index contributed by atoms with van der Waals surface area (Å²) in [6, 6.07) is 7.70. The second-order valence-electron chi connectivity index (χ2n) is 5.19. The van der Waals surface area contributed by atoms with Gasteiger partial charge in [0.15, 0.2) is 0 Å². The summed E-state index contributed by atoms with van der Waals surface area (Å²) in [5.74, 6) is 0.809. The van der Waals surface area contributed by atoms with Gasteiger partial charge in [-0.15, -0.1) is 0 Å². The highest BCUT2D eigenvalue weighted by Gasteiger charge is 2.31. The summed E-state index contributed by atoms with van der Waals surface area (Å²) in [7, 11) is 1.96. The third-order valence-electron chi connectivity index (χ3n) is 3.59. The molecule has 0 spiro atoms. The van der Waals surface area contributed by atoms with Crippen LogP contribution in [0.4, 0.5) is 0 Å². The van der Waals surface area contributed by atoms with Crippen LogP contribution in [0.25, 0.3) is 0 Å². The van der Waals surface area contributed by atoms with Gasteiger partial charge in [-0.25, -0.2) is 4.98 Å². The molecule has 2 aromatic rings. The monoisotopic (exact) mass is 307 g/mol. The Balaban J connectivity index is 1.50. The highest BCUT2D eigenvalue weighted by atomic mass is 35.5. The van der Waals surface area contributed by atoms with Crippen LogP contribution in [0, 0.1) is 0 Å². The van der Waals surface area contributed by atoms with Gasteiger partial charge in [0, 0.05) is 31.0 Å². The predicted molar refractivity (Wildman–Crippen MR) is 80.2 cm³/mol. The molecule has 0 saturated carbocycles. The average Bonchev–Trinajstić information content (AvgIpc) is 3.10. The van der Waals surface area contributed by atoms with E-state index in [0.29, 0.717) is 17.7 Å². The summed E-state index contributed by atoms with van der Waals surface area (Å²) in [4.78, 5) is 9.88. The van der Waals surface area contributed by atoms with E-state index in [1.165, 1.54) is 0 Å². The Bertz CT molecular complexity index is 559. The lowest BCUT2D eigenvalue weighted by Gasteiger charge is -2.17.